The first-order valence-electron chi connectivity index (χ1n) is 7.70. The minimum Gasteiger partial charge on any atom is -0.335 e. The van der Waals surface area contributed by atoms with Gasteiger partial charge in [-0.1, -0.05) is 18.2 Å². The number of H-pyrrole nitrogens is 1. The van der Waals surface area contributed by atoms with Crippen molar-refractivity contribution in [1.29, 1.82) is 0 Å². The Hall–Kier alpha value is -1.57. The molecule has 0 spiro atoms. The van der Waals surface area contributed by atoms with E-state index in [2.05, 4.69) is 25.8 Å². The number of rotatable bonds is 5. The second kappa shape index (κ2) is 6.68. The number of carbonyl (C=O) groups excluding carboxylic acids is 2. The summed E-state index contributed by atoms with van der Waals surface area (Å²) in [5.74, 6) is 1.95. The second-order valence-electron chi connectivity index (χ2n) is 6.23. The van der Waals surface area contributed by atoms with Gasteiger partial charge in [0.05, 0.1) is 5.75 Å². The molecule has 0 aliphatic heterocycles. The Bertz CT molecular complexity index is 535. The average Bonchev–Trinajstić information content (AvgIpc) is 3.22. The van der Waals surface area contributed by atoms with Gasteiger partial charge in [0.2, 0.25) is 5.91 Å². The number of imide groups is 1. The normalized spacial score (nSPS) is 27.6. The monoisotopic (exact) mass is 323 g/mol. The average molecular weight is 323 g/mol. The van der Waals surface area contributed by atoms with E-state index >= 15 is 0 Å². The number of aromatic nitrogens is 3. The van der Waals surface area contributed by atoms with Crippen LogP contribution < -0.4 is 10.6 Å². The van der Waals surface area contributed by atoms with E-state index in [-0.39, 0.29) is 17.7 Å². The molecule has 1 aromatic rings. The maximum absolute atomic E-state index is 11.9. The van der Waals surface area contributed by atoms with Crippen molar-refractivity contribution in [3.8, 4) is 0 Å². The quantitative estimate of drug-likeness (QED) is 0.714. The lowest BCUT2D eigenvalue weighted by Gasteiger charge is -2.28. The van der Waals surface area contributed by atoms with Gasteiger partial charge in [0, 0.05) is 6.04 Å². The molecular weight excluding hydrogens is 302 g/mol. The molecule has 2 aliphatic rings. The molecule has 8 heteroatoms. The van der Waals surface area contributed by atoms with Crippen LogP contribution in [0.15, 0.2) is 11.5 Å². The van der Waals surface area contributed by atoms with Crippen LogP contribution >= 0.6 is 11.8 Å². The third kappa shape index (κ3) is 3.60. The summed E-state index contributed by atoms with van der Waals surface area (Å²) in [4.78, 5) is 27.5. The molecule has 0 saturated heterocycles. The number of hydrogen-bond acceptors (Lipinski definition) is 5. The zero-order chi connectivity index (χ0) is 15.5. The molecule has 3 amide bonds. The van der Waals surface area contributed by atoms with Crippen molar-refractivity contribution in [2.75, 3.05) is 5.75 Å². The number of aromatic amines is 1. The first-order chi connectivity index (χ1) is 10.6. The summed E-state index contributed by atoms with van der Waals surface area (Å²) in [5, 5.41) is 12.2. The van der Waals surface area contributed by atoms with Crippen LogP contribution in [-0.4, -0.2) is 38.9 Å². The Morgan fingerprint density at radius 2 is 2.32 bits per heavy atom. The molecule has 22 heavy (non-hydrogen) atoms. The molecule has 2 bridgehead atoms. The van der Waals surface area contributed by atoms with Gasteiger partial charge in [-0.2, -0.15) is 5.10 Å². The number of urea groups is 1. The summed E-state index contributed by atoms with van der Waals surface area (Å²) in [6.45, 7) is 2.04. The van der Waals surface area contributed by atoms with Gasteiger partial charge in [-0.05, 0) is 43.9 Å². The van der Waals surface area contributed by atoms with Gasteiger partial charge in [0.25, 0.3) is 0 Å². The second-order valence-corrected chi connectivity index (χ2v) is 7.19. The lowest BCUT2D eigenvalue weighted by atomic mass is 9.84. The van der Waals surface area contributed by atoms with Crippen LogP contribution in [0.2, 0.25) is 0 Å². The van der Waals surface area contributed by atoms with Crippen LogP contribution in [0, 0.1) is 17.8 Å². The van der Waals surface area contributed by atoms with Gasteiger partial charge in [-0.3, -0.25) is 15.2 Å². The van der Waals surface area contributed by atoms with Gasteiger partial charge < -0.3 is 5.32 Å². The highest BCUT2D eigenvalue weighted by molar-refractivity contribution is 7.99. The van der Waals surface area contributed by atoms with E-state index in [1.807, 2.05) is 6.92 Å². The smallest absolute Gasteiger partial charge is 0.321 e. The first kappa shape index (κ1) is 15.3. The van der Waals surface area contributed by atoms with Crippen LogP contribution in [0.5, 0.6) is 0 Å². The number of hydrogen-bond donors (Lipinski definition) is 3. The van der Waals surface area contributed by atoms with Crippen molar-refractivity contribution >= 4 is 23.7 Å². The zero-order valence-corrected chi connectivity index (χ0v) is 13.4. The van der Waals surface area contributed by atoms with Gasteiger partial charge in [-0.15, -0.1) is 0 Å². The van der Waals surface area contributed by atoms with E-state index in [1.54, 1.807) is 0 Å². The molecule has 2 fully saturated rings. The Kier molecular flexibility index (Phi) is 4.66. The van der Waals surface area contributed by atoms with Crippen LogP contribution in [0.3, 0.4) is 0 Å². The molecule has 0 aromatic carbocycles. The van der Waals surface area contributed by atoms with Crippen molar-refractivity contribution in [2.24, 2.45) is 17.8 Å². The number of carbonyl (C=O) groups is 2. The summed E-state index contributed by atoms with van der Waals surface area (Å²) in [5.41, 5.74) is 0. The van der Waals surface area contributed by atoms with Gasteiger partial charge >= 0.3 is 6.03 Å². The molecule has 1 heterocycles. The highest BCUT2D eigenvalue weighted by Crippen LogP contribution is 2.49. The molecule has 3 N–H and O–H groups in total. The fourth-order valence-electron chi connectivity index (χ4n) is 3.82. The SMILES string of the molecule is C[C@@H](NC(=O)NC(=O)CSc1ncn[nH]1)[C@@H]1C[C@H]2CC[C@H]1C2. The number of amides is 3. The summed E-state index contributed by atoms with van der Waals surface area (Å²) >= 11 is 1.21. The third-order valence-electron chi connectivity index (χ3n) is 4.78. The maximum Gasteiger partial charge on any atom is 0.321 e. The molecule has 120 valence electrons. The van der Waals surface area contributed by atoms with Crippen LogP contribution in [0.1, 0.15) is 32.6 Å². The minimum atomic E-state index is -0.404. The Balaban J connectivity index is 1.39. The summed E-state index contributed by atoms with van der Waals surface area (Å²) in [6.07, 6.45) is 6.53. The highest BCUT2D eigenvalue weighted by atomic mass is 32.2. The lowest BCUT2D eigenvalue weighted by molar-refractivity contribution is -0.117. The topological polar surface area (TPSA) is 99.8 Å². The van der Waals surface area contributed by atoms with Crippen molar-refractivity contribution < 1.29 is 9.59 Å². The van der Waals surface area contributed by atoms with Gasteiger partial charge in [-0.25, -0.2) is 9.78 Å². The molecule has 3 rings (SSSR count). The molecule has 7 nitrogen and oxygen atoms in total. The highest BCUT2D eigenvalue weighted by Gasteiger charge is 2.42. The van der Waals surface area contributed by atoms with Crippen molar-refractivity contribution in [3.63, 3.8) is 0 Å². The lowest BCUT2D eigenvalue weighted by Crippen LogP contribution is -2.47. The van der Waals surface area contributed by atoms with Gasteiger partial charge in [0.1, 0.15) is 6.33 Å². The van der Waals surface area contributed by atoms with Crippen molar-refractivity contribution in [2.45, 2.75) is 43.8 Å². The van der Waals surface area contributed by atoms with Crippen LogP contribution in [0.25, 0.3) is 0 Å². The van der Waals surface area contributed by atoms with Gasteiger partial charge in [0.15, 0.2) is 5.16 Å². The summed E-state index contributed by atoms with van der Waals surface area (Å²) < 4.78 is 0. The number of thioether (sulfide) groups is 1. The standard InChI is InChI=1S/C14H21N5O2S/c1-8(11-5-9-2-3-10(11)4-9)17-13(21)18-12(20)6-22-14-15-7-16-19-14/h7-11H,2-6H2,1H3,(H,15,16,19)(H2,17,18,20,21)/t8-,9+,10+,11+/m1/s1. The fourth-order valence-corrected chi connectivity index (χ4v) is 4.40. The summed E-state index contributed by atoms with van der Waals surface area (Å²) in [7, 11) is 0. The largest absolute Gasteiger partial charge is 0.335 e. The minimum absolute atomic E-state index is 0.116. The van der Waals surface area contributed by atoms with Crippen LogP contribution in [-0.2, 0) is 4.79 Å². The van der Waals surface area contributed by atoms with E-state index in [9.17, 15) is 9.59 Å². The predicted octanol–water partition coefficient (Wildman–Crippen LogP) is 1.55. The van der Waals surface area contributed by atoms with Crippen LogP contribution in [0.4, 0.5) is 4.79 Å². The molecular formula is C14H21N5O2S. The van der Waals surface area contributed by atoms with E-state index in [1.165, 1.54) is 43.8 Å². The zero-order valence-electron chi connectivity index (χ0n) is 12.5. The predicted molar refractivity (Wildman–Crippen MR) is 82.2 cm³/mol. The maximum atomic E-state index is 11.9. The molecule has 4 atom stereocenters. The molecule has 2 aliphatic carbocycles. The Morgan fingerprint density at radius 3 is 2.95 bits per heavy atom. The Morgan fingerprint density at radius 1 is 1.45 bits per heavy atom. The fraction of sp³-hybridized carbons (Fsp3) is 0.714. The molecule has 1 aromatic heterocycles. The molecule has 2 saturated carbocycles. The summed E-state index contributed by atoms with van der Waals surface area (Å²) in [6, 6.07) is -0.288. The van der Waals surface area contributed by atoms with Crippen molar-refractivity contribution in [1.82, 2.24) is 25.8 Å². The molecule has 0 radical (unpaired) electrons. The molecule has 0 unspecified atom stereocenters. The van der Waals surface area contributed by atoms with E-state index in [4.69, 9.17) is 0 Å². The van der Waals surface area contributed by atoms with E-state index in [0.717, 1.165) is 11.8 Å². The van der Waals surface area contributed by atoms with E-state index in [0.29, 0.717) is 11.1 Å². The van der Waals surface area contributed by atoms with E-state index < -0.39 is 6.03 Å². The first-order valence-corrected chi connectivity index (χ1v) is 8.69. The number of fused-ring (bicyclic) bond motifs is 2. The number of nitrogens with zero attached hydrogens (tertiary/aromatic N) is 2. The third-order valence-corrected chi connectivity index (χ3v) is 5.66. The Labute approximate surface area is 133 Å². The van der Waals surface area contributed by atoms with Crippen molar-refractivity contribution in [3.05, 3.63) is 6.33 Å². The number of nitrogens with one attached hydrogen (secondary N) is 3.